The van der Waals surface area contributed by atoms with E-state index in [2.05, 4.69) is 41.2 Å². The van der Waals surface area contributed by atoms with Gasteiger partial charge in [0.1, 0.15) is 0 Å². The van der Waals surface area contributed by atoms with Crippen molar-refractivity contribution >= 4 is 21.6 Å². The summed E-state index contributed by atoms with van der Waals surface area (Å²) >= 11 is 3.44. The van der Waals surface area contributed by atoms with Gasteiger partial charge in [-0.2, -0.15) is 5.26 Å². The van der Waals surface area contributed by atoms with Crippen molar-refractivity contribution in [3.63, 3.8) is 0 Å². The second kappa shape index (κ2) is 6.63. The molecular formula is C13H17BrN2O. The Kier molecular flexibility index (Phi) is 5.46. The number of aliphatic hydroxyl groups is 1. The Morgan fingerprint density at radius 2 is 2.18 bits per heavy atom. The molecule has 1 rings (SSSR count). The fourth-order valence-electron chi connectivity index (χ4n) is 1.61. The summed E-state index contributed by atoms with van der Waals surface area (Å²) in [6, 6.07) is 7.78. The van der Waals surface area contributed by atoms with Crippen LogP contribution < -0.4 is 5.32 Å². The topological polar surface area (TPSA) is 56.0 Å². The number of nitrogens with one attached hydrogen (secondary N) is 1. The van der Waals surface area contributed by atoms with E-state index in [0.717, 1.165) is 10.2 Å². The van der Waals surface area contributed by atoms with Crippen LogP contribution in [0.4, 0.5) is 5.69 Å². The van der Waals surface area contributed by atoms with Crippen LogP contribution in [-0.4, -0.2) is 17.8 Å². The summed E-state index contributed by atoms with van der Waals surface area (Å²) in [7, 11) is 0. The molecule has 0 amide bonds. The van der Waals surface area contributed by atoms with Gasteiger partial charge in [-0.3, -0.25) is 0 Å². The summed E-state index contributed by atoms with van der Waals surface area (Å²) in [4.78, 5) is 0. The number of nitriles is 1. The molecule has 0 aliphatic heterocycles. The highest BCUT2D eigenvalue weighted by molar-refractivity contribution is 9.10. The summed E-state index contributed by atoms with van der Waals surface area (Å²) in [5.74, 6) is 0.435. The van der Waals surface area contributed by atoms with Crippen LogP contribution in [0.5, 0.6) is 0 Å². The molecule has 0 aromatic heterocycles. The van der Waals surface area contributed by atoms with Crippen LogP contribution in [0, 0.1) is 17.2 Å². The minimum atomic E-state index is 0.170. The molecule has 1 aromatic rings. The van der Waals surface area contributed by atoms with Crippen LogP contribution in [-0.2, 0) is 0 Å². The predicted octanol–water partition coefficient (Wildman–Crippen LogP) is 3.14. The Bertz CT molecular complexity index is 412. The van der Waals surface area contributed by atoms with E-state index in [9.17, 15) is 0 Å². The lowest BCUT2D eigenvalue weighted by molar-refractivity contribution is 0.267. The second-order valence-electron chi connectivity index (χ2n) is 4.31. The average Bonchev–Trinajstić information content (AvgIpc) is 2.30. The quantitative estimate of drug-likeness (QED) is 0.878. The third-order valence-corrected chi connectivity index (χ3v) is 3.34. The SMILES string of the molecule is CC(C)C(CCO)Nc1ccc(C#N)cc1Br. The van der Waals surface area contributed by atoms with E-state index in [0.29, 0.717) is 17.9 Å². The summed E-state index contributed by atoms with van der Waals surface area (Å²) in [6.45, 7) is 4.40. The van der Waals surface area contributed by atoms with E-state index in [-0.39, 0.29) is 12.6 Å². The van der Waals surface area contributed by atoms with Crippen molar-refractivity contribution in [1.29, 1.82) is 5.26 Å². The molecule has 0 fully saturated rings. The molecular weight excluding hydrogens is 280 g/mol. The average molecular weight is 297 g/mol. The van der Waals surface area contributed by atoms with Gasteiger partial charge in [-0.15, -0.1) is 0 Å². The highest BCUT2D eigenvalue weighted by atomic mass is 79.9. The molecule has 0 aliphatic carbocycles. The lowest BCUT2D eigenvalue weighted by Gasteiger charge is -2.23. The molecule has 0 heterocycles. The van der Waals surface area contributed by atoms with Gasteiger partial charge in [-0.25, -0.2) is 0 Å². The molecule has 92 valence electrons. The van der Waals surface area contributed by atoms with Gasteiger partial charge >= 0.3 is 0 Å². The maximum Gasteiger partial charge on any atom is 0.0992 e. The Balaban J connectivity index is 2.83. The number of rotatable bonds is 5. The molecule has 17 heavy (non-hydrogen) atoms. The molecule has 0 saturated heterocycles. The number of anilines is 1. The van der Waals surface area contributed by atoms with E-state index < -0.39 is 0 Å². The predicted molar refractivity (Wildman–Crippen MR) is 72.8 cm³/mol. The minimum absolute atomic E-state index is 0.170. The van der Waals surface area contributed by atoms with Crippen LogP contribution >= 0.6 is 15.9 Å². The van der Waals surface area contributed by atoms with Crippen LogP contribution in [0.15, 0.2) is 22.7 Å². The van der Waals surface area contributed by atoms with Crippen molar-refractivity contribution in [3.8, 4) is 6.07 Å². The van der Waals surface area contributed by atoms with Crippen LogP contribution in [0.3, 0.4) is 0 Å². The molecule has 1 unspecified atom stereocenters. The van der Waals surface area contributed by atoms with Gasteiger partial charge in [0.25, 0.3) is 0 Å². The van der Waals surface area contributed by atoms with Crippen molar-refractivity contribution in [2.45, 2.75) is 26.3 Å². The number of benzene rings is 1. The molecule has 0 bridgehead atoms. The first kappa shape index (κ1) is 14.0. The fourth-order valence-corrected chi connectivity index (χ4v) is 2.11. The molecule has 0 saturated carbocycles. The van der Waals surface area contributed by atoms with Crippen LogP contribution in [0.25, 0.3) is 0 Å². The first-order valence-electron chi connectivity index (χ1n) is 5.65. The smallest absolute Gasteiger partial charge is 0.0992 e. The van der Waals surface area contributed by atoms with Crippen LogP contribution in [0.2, 0.25) is 0 Å². The normalized spacial score (nSPS) is 12.2. The molecule has 2 N–H and O–H groups in total. The largest absolute Gasteiger partial charge is 0.396 e. The molecule has 1 atom stereocenters. The monoisotopic (exact) mass is 296 g/mol. The Labute approximate surface area is 111 Å². The summed E-state index contributed by atoms with van der Waals surface area (Å²) in [5, 5.41) is 21.2. The standard InChI is InChI=1S/C13H17BrN2O/c1-9(2)12(5-6-17)16-13-4-3-10(8-15)7-11(13)14/h3-4,7,9,12,16-17H,5-6H2,1-2H3. The summed E-state index contributed by atoms with van der Waals surface area (Å²) < 4.78 is 0.875. The Hall–Kier alpha value is -1.05. The second-order valence-corrected chi connectivity index (χ2v) is 5.17. The fraction of sp³-hybridized carbons (Fsp3) is 0.462. The number of hydrogen-bond acceptors (Lipinski definition) is 3. The van der Waals surface area contributed by atoms with E-state index in [1.165, 1.54) is 0 Å². The highest BCUT2D eigenvalue weighted by Gasteiger charge is 2.13. The van der Waals surface area contributed by atoms with E-state index in [1.807, 2.05) is 6.07 Å². The van der Waals surface area contributed by atoms with Gasteiger partial charge in [0.05, 0.1) is 11.6 Å². The number of halogens is 1. The number of aliphatic hydroxyl groups excluding tert-OH is 1. The van der Waals surface area contributed by atoms with E-state index in [1.54, 1.807) is 12.1 Å². The lowest BCUT2D eigenvalue weighted by atomic mass is 10.0. The molecule has 3 nitrogen and oxygen atoms in total. The third kappa shape index (κ3) is 4.03. The minimum Gasteiger partial charge on any atom is -0.396 e. The van der Waals surface area contributed by atoms with Crippen molar-refractivity contribution in [2.75, 3.05) is 11.9 Å². The van der Waals surface area contributed by atoms with Gasteiger partial charge in [0.2, 0.25) is 0 Å². The summed E-state index contributed by atoms with van der Waals surface area (Å²) in [6.07, 6.45) is 0.712. The zero-order valence-corrected chi connectivity index (χ0v) is 11.7. The maximum atomic E-state index is 9.02. The first-order valence-corrected chi connectivity index (χ1v) is 6.44. The zero-order valence-electron chi connectivity index (χ0n) is 10.1. The molecule has 4 heteroatoms. The van der Waals surface area contributed by atoms with Crippen molar-refractivity contribution in [3.05, 3.63) is 28.2 Å². The highest BCUT2D eigenvalue weighted by Crippen LogP contribution is 2.25. The van der Waals surface area contributed by atoms with Gasteiger partial charge in [0.15, 0.2) is 0 Å². The van der Waals surface area contributed by atoms with Crippen LogP contribution in [0.1, 0.15) is 25.8 Å². The first-order chi connectivity index (χ1) is 8.08. The molecule has 1 aromatic carbocycles. The van der Waals surface area contributed by atoms with E-state index in [4.69, 9.17) is 10.4 Å². The van der Waals surface area contributed by atoms with E-state index >= 15 is 0 Å². The molecule has 0 radical (unpaired) electrons. The van der Waals surface area contributed by atoms with Crippen molar-refractivity contribution in [2.24, 2.45) is 5.92 Å². The third-order valence-electron chi connectivity index (χ3n) is 2.68. The zero-order chi connectivity index (χ0) is 12.8. The Morgan fingerprint density at radius 1 is 1.47 bits per heavy atom. The van der Waals surface area contributed by atoms with Crippen molar-refractivity contribution < 1.29 is 5.11 Å². The lowest BCUT2D eigenvalue weighted by Crippen LogP contribution is -2.26. The summed E-state index contributed by atoms with van der Waals surface area (Å²) in [5.41, 5.74) is 1.59. The van der Waals surface area contributed by atoms with Gasteiger partial charge < -0.3 is 10.4 Å². The van der Waals surface area contributed by atoms with Gasteiger partial charge in [-0.1, -0.05) is 13.8 Å². The molecule has 0 aliphatic rings. The van der Waals surface area contributed by atoms with Gasteiger partial charge in [0, 0.05) is 22.8 Å². The Morgan fingerprint density at radius 3 is 2.65 bits per heavy atom. The number of nitrogens with zero attached hydrogens (tertiary/aromatic N) is 1. The molecule has 0 spiro atoms. The maximum absolute atomic E-state index is 9.02. The number of hydrogen-bond donors (Lipinski definition) is 2. The van der Waals surface area contributed by atoms with Gasteiger partial charge in [-0.05, 0) is 46.5 Å². The van der Waals surface area contributed by atoms with Crippen molar-refractivity contribution in [1.82, 2.24) is 0 Å².